The first-order valence-corrected chi connectivity index (χ1v) is 8.16. The lowest BCUT2D eigenvalue weighted by atomic mass is 9.87. The lowest BCUT2D eigenvalue weighted by molar-refractivity contribution is -0.174. The first-order chi connectivity index (χ1) is 8.90. The fourth-order valence-corrected chi connectivity index (χ4v) is 4.81. The second kappa shape index (κ2) is 4.77. The van der Waals surface area contributed by atoms with E-state index in [9.17, 15) is 0 Å². The molecule has 3 heteroatoms. The highest BCUT2D eigenvalue weighted by Gasteiger charge is 2.39. The molecule has 4 heterocycles. The molecule has 0 aliphatic carbocycles. The van der Waals surface area contributed by atoms with Gasteiger partial charge in [-0.1, -0.05) is 0 Å². The predicted molar refractivity (Wildman–Crippen MR) is 72.9 cm³/mol. The fraction of sp³-hybridized carbons (Fsp3) is 1.00. The molecular weight excluding hydrogens is 222 g/mol. The zero-order valence-corrected chi connectivity index (χ0v) is 11.6. The van der Waals surface area contributed by atoms with Crippen molar-refractivity contribution in [1.82, 2.24) is 14.9 Å². The Balaban J connectivity index is 1.48. The van der Waals surface area contributed by atoms with Crippen molar-refractivity contribution in [2.24, 2.45) is 11.8 Å². The molecule has 0 N–H and O–H groups in total. The molecule has 0 aromatic rings. The molecule has 0 aromatic heterocycles. The van der Waals surface area contributed by atoms with Crippen molar-refractivity contribution in [3.8, 4) is 0 Å². The average Bonchev–Trinajstić information content (AvgIpc) is 2.41. The van der Waals surface area contributed by atoms with Crippen LogP contribution in [-0.4, -0.2) is 53.8 Å². The molecule has 4 fully saturated rings. The molecule has 0 saturated carbocycles. The molecule has 0 radical (unpaired) electrons. The largest absolute Gasteiger partial charge is 0.287 e. The van der Waals surface area contributed by atoms with E-state index in [4.69, 9.17) is 0 Å². The van der Waals surface area contributed by atoms with E-state index in [1.807, 2.05) is 0 Å². The van der Waals surface area contributed by atoms with E-state index in [1.165, 1.54) is 77.7 Å². The molecule has 0 aromatic carbocycles. The topological polar surface area (TPSA) is 9.72 Å². The third-order valence-corrected chi connectivity index (χ3v) is 5.78. The summed E-state index contributed by atoms with van der Waals surface area (Å²) in [5.74, 6) is 2.03. The number of rotatable bonds is 1. The smallest absolute Gasteiger partial charge is 0.0760 e. The molecule has 102 valence electrons. The van der Waals surface area contributed by atoms with Crippen molar-refractivity contribution >= 4 is 0 Å². The Morgan fingerprint density at radius 1 is 0.667 bits per heavy atom. The SMILES string of the molecule is C1CC2CCC(N3CCC4CCCN3C4)N(C1)C2. The van der Waals surface area contributed by atoms with Gasteiger partial charge in [0.1, 0.15) is 0 Å². The van der Waals surface area contributed by atoms with Gasteiger partial charge in [0.25, 0.3) is 0 Å². The summed E-state index contributed by atoms with van der Waals surface area (Å²) in [5, 5.41) is 5.47. The highest BCUT2D eigenvalue weighted by atomic mass is 15.7. The van der Waals surface area contributed by atoms with Crippen LogP contribution in [0.2, 0.25) is 0 Å². The van der Waals surface area contributed by atoms with Crippen molar-refractivity contribution in [3.05, 3.63) is 0 Å². The first kappa shape index (κ1) is 11.7. The molecule has 4 aliphatic heterocycles. The Bertz CT molecular complexity index is 276. The second-order valence-corrected chi connectivity index (χ2v) is 6.93. The summed E-state index contributed by atoms with van der Waals surface area (Å²) in [7, 11) is 0. The van der Waals surface area contributed by atoms with Gasteiger partial charge in [-0.2, -0.15) is 0 Å². The molecule has 5 unspecified atom stereocenters. The Hall–Kier alpha value is -0.120. The molecule has 0 spiro atoms. The van der Waals surface area contributed by atoms with E-state index in [1.54, 1.807) is 0 Å². The number of hydrogen-bond acceptors (Lipinski definition) is 3. The third-order valence-electron chi connectivity index (χ3n) is 5.78. The van der Waals surface area contributed by atoms with Gasteiger partial charge >= 0.3 is 0 Å². The number of fused-ring (bicyclic) bond motifs is 4. The van der Waals surface area contributed by atoms with Crippen molar-refractivity contribution in [2.75, 3.05) is 32.7 Å². The molecule has 3 nitrogen and oxygen atoms in total. The van der Waals surface area contributed by atoms with E-state index >= 15 is 0 Å². The van der Waals surface area contributed by atoms with Crippen LogP contribution in [0.1, 0.15) is 44.9 Å². The van der Waals surface area contributed by atoms with Gasteiger partial charge in [-0.3, -0.25) is 4.90 Å². The van der Waals surface area contributed by atoms with Crippen LogP contribution in [0.4, 0.5) is 0 Å². The van der Waals surface area contributed by atoms with Crippen LogP contribution in [0.3, 0.4) is 0 Å². The zero-order valence-electron chi connectivity index (χ0n) is 11.6. The van der Waals surface area contributed by atoms with Crippen molar-refractivity contribution in [2.45, 2.75) is 51.1 Å². The fourth-order valence-electron chi connectivity index (χ4n) is 4.81. The molecule has 4 rings (SSSR count). The van der Waals surface area contributed by atoms with E-state index < -0.39 is 0 Å². The summed E-state index contributed by atoms with van der Waals surface area (Å²) in [4.78, 5) is 2.80. The average molecular weight is 249 g/mol. The summed E-state index contributed by atoms with van der Waals surface area (Å²) in [5.41, 5.74) is 0. The van der Waals surface area contributed by atoms with Crippen LogP contribution in [0.15, 0.2) is 0 Å². The molecule has 5 atom stereocenters. The molecule has 18 heavy (non-hydrogen) atoms. The van der Waals surface area contributed by atoms with E-state index in [0.717, 1.165) is 18.0 Å². The number of nitrogens with zero attached hydrogens (tertiary/aromatic N) is 3. The standard InChI is InChI=1S/C15H27N3/c1-3-13-5-6-15(16(8-1)11-13)18-10-7-14-4-2-9-17(18)12-14/h13-15H,1-12H2. The maximum atomic E-state index is 2.80. The van der Waals surface area contributed by atoms with Crippen LogP contribution < -0.4 is 0 Å². The van der Waals surface area contributed by atoms with E-state index in [0.29, 0.717) is 0 Å². The van der Waals surface area contributed by atoms with Crippen LogP contribution >= 0.6 is 0 Å². The van der Waals surface area contributed by atoms with Gasteiger partial charge in [0.2, 0.25) is 0 Å². The number of hydrazine groups is 1. The highest BCUT2D eigenvalue weighted by molar-refractivity contribution is 4.88. The van der Waals surface area contributed by atoms with Crippen molar-refractivity contribution in [3.63, 3.8) is 0 Å². The normalized spacial score (nSPS) is 49.0. The summed E-state index contributed by atoms with van der Waals surface area (Å²) in [6.45, 7) is 6.75. The molecular formula is C15H27N3. The van der Waals surface area contributed by atoms with Crippen LogP contribution in [0.25, 0.3) is 0 Å². The summed E-state index contributed by atoms with van der Waals surface area (Å²) >= 11 is 0. The quantitative estimate of drug-likeness (QED) is 0.705. The first-order valence-electron chi connectivity index (χ1n) is 8.16. The lowest BCUT2D eigenvalue weighted by Crippen LogP contribution is -2.63. The Morgan fingerprint density at radius 2 is 1.50 bits per heavy atom. The highest BCUT2D eigenvalue weighted by Crippen LogP contribution is 2.35. The van der Waals surface area contributed by atoms with Gasteiger partial charge in [-0.05, 0) is 63.3 Å². The van der Waals surface area contributed by atoms with Gasteiger partial charge in [-0.25, -0.2) is 10.0 Å². The van der Waals surface area contributed by atoms with Crippen LogP contribution in [-0.2, 0) is 0 Å². The van der Waals surface area contributed by atoms with Gasteiger partial charge < -0.3 is 0 Å². The molecule has 4 aliphatic rings. The number of hydrogen-bond donors (Lipinski definition) is 0. The summed E-state index contributed by atoms with van der Waals surface area (Å²) < 4.78 is 0. The van der Waals surface area contributed by atoms with Gasteiger partial charge in [0, 0.05) is 26.2 Å². The van der Waals surface area contributed by atoms with Gasteiger partial charge in [0.05, 0.1) is 6.17 Å². The predicted octanol–water partition coefficient (Wildman–Crippen LogP) is 2.15. The minimum Gasteiger partial charge on any atom is -0.287 e. The van der Waals surface area contributed by atoms with Crippen LogP contribution in [0.5, 0.6) is 0 Å². The number of piperidine rings is 3. The Morgan fingerprint density at radius 3 is 2.44 bits per heavy atom. The summed E-state index contributed by atoms with van der Waals surface area (Å²) in [6, 6.07) is 0. The summed E-state index contributed by atoms with van der Waals surface area (Å²) in [6.07, 6.45) is 11.0. The molecule has 4 bridgehead atoms. The van der Waals surface area contributed by atoms with E-state index in [-0.39, 0.29) is 0 Å². The second-order valence-electron chi connectivity index (χ2n) is 6.93. The minimum absolute atomic E-state index is 0.751. The van der Waals surface area contributed by atoms with Gasteiger partial charge in [0.15, 0.2) is 0 Å². The lowest BCUT2D eigenvalue weighted by Gasteiger charge is -2.54. The maximum absolute atomic E-state index is 2.80. The zero-order chi connectivity index (χ0) is 11.9. The monoisotopic (exact) mass is 249 g/mol. The Labute approximate surface area is 111 Å². The van der Waals surface area contributed by atoms with E-state index in [2.05, 4.69) is 14.9 Å². The molecule has 0 amide bonds. The van der Waals surface area contributed by atoms with Crippen molar-refractivity contribution < 1.29 is 0 Å². The third kappa shape index (κ3) is 2.00. The van der Waals surface area contributed by atoms with Gasteiger partial charge in [-0.15, -0.1) is 0 Å². The van der Waals surface area contributed by atoms with Crippen molar-refractivity contribution in [1.29, 1.82) is 0 Å². The minimum atomic E-state index is 0.751. The maximum Gasteiger partial charge on any atom is 0.0760 e. The van der Waals surface area contributed by atoms with Crippen LogP contribution in [0, 0.1) is 11.8 Å². The molecule has 4 saturated heterocycles. The Kier molecular flexibility index (Phi) is 3.10.